The molecule has 0 spiro atoms. The highest BCUT2D eigenvalue weighted by molar-refractivity contribution is 5.86. The van der Waals surface area contributed by atoms with E-state index in [0.717, 1.165) is 5.56 Å². The van der Waals surface area contributed by atoms with E-state index in [4.69, 9.17) is 10.00 Å². The van der Waals surface area contributed by atoms with Gasteiger partial charge in [-0.05, 0) is 42.8 Å². The Labute approximate surface area is 149 Å². The average Bonchev–Trinajstić information content (AvgIpc) is 3.05. The monoisotopic (exact) mass is 348 g/mol. The molecule has 7 heteroatoms. The number of carbonyl (C=O) groups excluding carboxylic acids is 1. The first-order valence-electron chi connectivity index (χ1n) is 7.90. The van der Waals surface area contributed by atoms with Gasteiger partial charge in [0.2, 0.25) is 0 Å². The third-order valence-corrected chi connectivity index (χ3v) is 3.74. The number of fused-ring (bicyclic) bond motifs is 1. The normalized spacial score (nSPS) is 10.5. The van der Waals surface area contributed by atoms with Gasteiger partial charge in [-0.1, -0.05) is 12.6 Å². The Morgan fingerprint density at radius 3 is 2.77 bits per heavy atom. The highest BCUT2D eigenvalue weighted by Crippen LogP contribution is 2.23. The van der Waals surface area contributed by atoms with E-state index in [1.807, 2.05) is 0 Å². The van der Waals surface area contributed by atoms with Crippen LogP contribution in [0.1, 0.15) is 18.1 Å². The van der Waals surface area contributed by atoms with Gasteiger partial charge in [-0.2, -0.15) is 5.26 Å². The molecule has 0 atom stereocenters. The number of rotatable bonds is 5. The van der Waals surface area contributed by atoms with Crippen molar-refractivity contribution in [1.29, 1.82) is 5.26 Å². The first kappa shape index (κ1) is 17.2. The minimum Gasteiger partial charge on any atom is -0.506 e. The summed E-state index contributed by atoms with van der Waals surface area (Å²) in [7, 11) is 0. The molecule has 26 heavy (non-hydrogen) atoms. The van der Waals surface area contributed by atoms with Crippen molar-refractivity contribution in [2.45, 2.75) is 13.3 Å². The Balaban J connectivity index is 1.85. The van der Waals surface area contributed by atoms with Crippen LogP contribution in [0.4, 0.5) is 0 Å². The van der Waals surface area contributed by atoms with Crippen LogP contribution in [0.25, 0.3) is 16.7 Å². The van der Waals surface area contributed by atoms with Gasteiger partial charge in [0, 0.05) is 12.0 Å². The van der Waals surface area contributed by atoms with Gasteiger partial charge in [-0.15, -0.1) is 15.0 Å². The van der Waals surface area contributed by atoms with Crippen LogP contribution in [0.3, 0.4) is 0 Å². The number of hydrogen-bond acceptors (Lipinski definition) is 6. The summed E-state index contributed by atoms with van der Waals surface area (Å²) in [5, 5.41) is 27.8. The van der Waals surface area contributed by atoms with Crippen molar-refractivity contribution in [2.24, 2.45) is 0 Å². The van der Waals surface area contributed by atoms with E-state index in [9.17, 15) is 9.90 Å². The van der Waals surface area contributed by atoms with E-state index in [1.165, 1.54) is 4.80 Å². The fourth-order valence-corrected chi connectivity index (χ4v) is 2.36. The van der Waals surface area contributed by atoms with Crippen molar-refractivity contribution >= 4 is 17.0 Å². The lowest BCUT2D eigenvalue weighted by Gasteiger charge is -2.08. The van der Waals surface area contributed by atoms with Crippen molar-refractivity contribution < 1.29 is 14.6 Å². The number of phenolic OH excluding ortho intramolecular Hbond substituents is 1. The zero-order valence-corrected chi connectivity index (χ0v) is 14.1. The molecule has 1 aromatic heterocycles. The van der Waals surface area contributed by atoms with Gasteiger partial charge in [-0.25, -0.2) is 4.79 Å². The molecular weight excluding hydrogens is 332 g/mol. The molecule has 2 aromatic carbocycles. The van der Waals surface area contributed by atoms with Gasteiger partial charge in [-0.3, -0.25) is 0 Å². The lowest BCUT2D eigenvalue weighted by Crippen LogP contribution is -2.08. The SMILES string of the molecule is C=C(C)C(=O)OCCc1ccc(O)c(-n2nc3ccc(C#N)cc3n2)c1. The summed E-state index contributed by atoms with van der Waals surface area (Å²) in [5.74, 6) is -0.411. The van der Waals surface area contributed by atoms with E-state index in [2.05, 4.69) is 22.8 Å². The summed E-state index contributed by atoms with van der Waals surface area (Å²) in [6, 6.07) is 12.1. The third-order valence-electron chi connectivity index (χ3n) is 3.74. The molecule has 0 saturated carbocycles. The molecule has 7 nitrogen and oxygen atoms in total. The minimum atomic E-state index is -0.433. The molecule has 130 valence electrons. The van der Waals surface area contributed by atoms with Crippen LogP contribution in [-0.4, -0.2) is 32.7 Å². The molecule has 0 aliphatic rings. The Morgan fingerprint density at radius 2 is 2.04 bits per heavy atom. The fourth-order valence-electron chi connectivity index (χ4n) is 2.36. The van der Waals surface area contributed by atoms with Gasteiger partial charge in [0.05, 0.1) is 18.2 Å². The van der Waals surface area contributed by atoms with Gasteiger partial charge in [0.1, 0.15) is 22.5 Å². The van der Waals surface area contributed by atoms with Crippen molar-refractivity contribution in [3.63, 3.8) is 0 Å². The van der Waals surface area contributed by atoms with Crippen LogP contribution in [0.15, 0.2) is 48.6 Å². The summed E-state index contributed by atoms with van der Waals surface area (Å²) in [4.78, 5) is 12.7. The number of nitriles is 1. The number of phenols is 1. The molecule has 3 rings (SSSR count). The van der Waals surface area contributed by atoms with Crippen LogP contribution >= 0.6 is 0 Å². The van der Waals surface area contributed by atoms with Gasteiger partial charge >= 0.3 is 5.97 Å². The molecule has 0 saturated heterocycles. The Kier molecular flexibility index (Phi) is 4.67. The van der Waals surface area contributed by atoms with Crippen LogP contribution in [0.2, 0.25) is 0 Å². The standard InChI is InChI=1S/C19H16N4O3/c1-12(2)19(25)26-8-7-13-4-6-18(24)17(10-13)23-21-15-5-3-14(11-20)9-16(15)22-23/h3-6,9-10,24H,1,7-8H2,2H3. The second kappa shape index (κ2) is 7.07. The predicted molar refractivity (Wildman–Crippen MR) is 94.7 cm³/mol. The van der Waals surface area contributed by atoms with E-state index in [-0.39, 0.29) is 12.4 Å². The maximum absolute atomic E-state index is 11.4. The number of carbonyl (C=O) groups is 1. The molecule has 0 unspecified atom stereocenters. The fraction of sp³-hybridized carbons (Fsp3) is 0.158. The van der Waals surface area contributed by atoms with Crippen LogP contribution in [0.5, 0.6) is 5.75 Å². The van der Waals surface area contributed by atoms with Crippen LogP contribution in [0, 0.1) is 11.3 Å². The molecule has 0 aliphatic carbocycles. The Bertz CT molecular complexity index is 1050. The lowest BCUT2D eigenvalue weighted by atomic mass is 10.1. The molecule has 0 radical (unpaired) electrons. The predicted octanol–water partition coefficient (Wildman–Crippen LogP) is 2.66. The highest BCUT2D eigenvalue weighted by atomic mass is 16.5. The van der Waals surface area contributed by atoms with E-state index in [1.54, 1.807) is 43.3 Å². The number of hydrogen-bond donors (Lipinski definition) is 1. The lowest BCUT2D eigenvalue weighted by molar-refractivity contribution is -0.138. The van der Waals surface area contributed by atoms with Gasteiger partial charge in [0.25, 0.3) is 0 Å². The molecule has 1 N–H and O–H groups in total. The number of ether oxygens (including phenoxy) is 1. The quantitative estimate of drug-likeness (QED) is 0.562. The summed E-state index contributed by atoms with van der Waals surface area (Å²) < 4.78 is 5.09. The second-order valence-electron chi connectivity index (χ2n) is 5.79. The Morgan fingerprint density at radius 1 is 1.27 bits per heavy atom. The number of nitrogens with zero attached hydrogens (tertiary/aromatic N) is 4. The molecule has 1 heterocycles. The van der Waals surface area contributed by atoms with Crippen LogP contribution in [-0.2, 0) is 16.0 Å². The zero-order chi connectivity index (χ0) is 18.7. The highest BCUT2D eigenvalue weighted by Gasteiger charge is 2.11. The topological polar surface area (TPSA) is 101 Å². The molecular formula is C19H16N4O3. The molecule has 0 amide bonds. The first-order chi connectivity index (χ1) is 12.5. The van der Waals surface area contributed by atoms with E-state index < -0.39 is 5.97 Å². The Hall–Kier alpha value is -3.66. The molecule has 3 aromatic rings. The number of benzene rings is 2. The summed E-state index contributed by atoms with van der Waals surface area (Å²) >= 11 is 0. The maximum Gasteiger partial charge on any atom is 0.333 e. The van der Waals surface area contributed by atoms with Crippen molar-refractivity contribution in [3.05, 3.63) is 59.7 Å². The molecule has 0 aliphatic heterocycles. The van der Waals surface area contributed by atoms with Gasteiger partial charge in [0.15, 0.2) is 0 Å². The first-order valence-corrected chi connectivity index (χ1v) is 7.90. The van der Waals surface area contributed by atoms with E-state index in [0.29, 0.717) is 34.3 Å². The largest absolute Gasteiger partial charge is 0.506 e. The molecule has 0 bridgehead atoms. The van der Waals surface area contributed by atoms with Crippen molar-refractivity contribution in [2.75, 3.05) is 6.61 Å². The number of aromatic nitrogens is 3. The minimum absolute atomic E-state index is 0.0218. The zero-order valence-electron chi connectivity index (χ0n) is 14.1. The molecule has 0 fully saturated rings. The van der Waals surface area contributed by atoms with Crippen molar-refractivity contribution in [1.82, 2.24) is 15.0 Å². The summed E-state index contributed by atoms with van der Waals surface area (Å²) in [5.41, 5.74) is 3.27. The average molecular weight is 348 g/mol. The summed E-state index contributed by atoms with van der Waals surface area (Å²) in [6.45, 7) is 5.33. The van der Waals surface area contributed by atoms with Gasteiger partial charge < -0.3 is 9.84 Å². The number of aromatic hydroxyl groups is 1. The second-order valence-corrected chi connectivity index (χ2v) is 5.79. The summed E-state index contributed by atoms with van der Waals surface area (Å²) in [6.07, 6.45) is 0.478. The third kappa shape index (κ3) is 3.54. The maximum atomic E-state index is 11.4. The smallest absolute Gasteiger partial charge is 0.333 e. The number of esters is 1. The van der Waals surface area contributed by atoms with Crippen molar-refractivity contribution in [3.8, 4) is 17.5 Å². The van der Waals surface area contributed by atoms with E-state index >= 15 is 0 Å². The van der Waals surface area contributed by atoms with Crippen LogP contribution < -0.4 is 0 Å².